The molecular weight excluding hydrogens is 1680 g/mol. The number of nitriles is 1. The van der Waals surface area contributed by atoms with Crippen LogP contribution in [0.3, 0.4) is 0 Å². The van der Waals surface area contributed by atoms with Gasteiger partial charge in [-0.1, -0.05) is 95.4 Å². The number of hydrogen-bond acceptors (Lipinski definition) is 19. The molecule has 6 atom stereocenters. The summed E-state index contributed by atoms with van der Waals surface area (Å²) >= 11 is 14.0. The van der Waals surface area contributed by atoms with Crippen LogP contribution in [0.1, 0.15) is 158 Å². The molecule has 16 rings (SSSR count). The van der Waals surface area contributed by atoms with E-state index in [-0.39, 0.29) is 53.4 Å². The Hall–Kier alpha value is -6.34. The Morgan fingerprint density at radius 3 is 1.45 bits per heavy atom. The number of hydroxylamine groups is 3. The van der Waals surface area contributed by atoms with Crippen LogP contribution in [0.5, 0.6) is 0 Å². The van der Waals surface area contributed by atoms with E-state index in [1.807, 2.05) is 78.8 Å². The number of nitrogens with one attached hydrogen (secondary N) is 2. The molecule has 1 fully saturated rings. The maximum absolute atomic E-state index is 13.0. The molecule has 5 spiro atoms. The van der Waals surface area contributed by atoms with Crippen LogP contribution in [0.15, 0.2) is 110 Å². The van der Waals surface area contributed by atoms with E-state index in [0.717, 1.165) is 146 Å². The number of halogens is 5. The Morgan fingerprint density at radius 1 is 0.611 bits per heavy atom. The maximum atomic E-state index is 13.0. The fourth-order valence-electron chi connectivity index (χ4n) is 17.3. The van der Waals surface area contributed by atoms with Crippen molar-refractivity contribution < 1.29 is 29.2 Å². The lowest BCUT2D eigenvalue weighted by atomic mass is 9.66. The molecule has 6 unspecified atom stereocenters. The van der Waals surface area contributed by atoms with E-state index in [0.29, 0.717) is 37.4 Å². The van der Waals surface area contributed by atoms with Crippen LogP contribution >= 0.6 is 76.1 Å². The highest BCUT2D eigenvalue weighted by Gasteiger charge is 2.64. The summed E-state index contributed by atoms with van der Waals surface area (Å²) in [6.07, 6.45) is 15.3. The second-order valence-electron chi connectivity index (χ2n) is 31.8. The second-order valence-corrected chi connectivity index (χ2v) is 44.5. The summed E-state index contributed by atoms with van der Waals surface area (Å²) in [5, 5.41) is 31.9. The van der Waals surface area contributed by atoms with Gasteiger partial charge in [-0.3, -0.25) is 44.5 Å². The molecule has 108 heavy (non-hydrogen) atoms. The summed E-state index contributed by atoms with van der Waals surface area (Å²) in [7, 11) is 8.44. The molecule has 1 saturated carbocycles. The predicted octanol–water partition coefficient (Wildman–Crippen LogP) is 15.4. The Balaban J connectivity index is 0.000000170. The quantitative estimate of drug-likeness (QED) is 0.0274. The van der Waals surface area contributed by atoms with Crippen molar-refractivity contribution in [2.45, 2.75) is 183 Å². The molecule has 580 valence electrons. The first-order chi connectivity index (χ1) is 49.9. The fourth-order valence-corrected chi connectivity index (χ4v) is 21.2. The van der Waals surface area contributed by atoms with E-state index in [9.17, 15) is 24.4 Å². The van der Waals surface area contributed by atoms with Gasteiger partial charge >= 0.3 is 0 Å². The van der Waals surface area contributed by atoms with Gasteiger partial charge in [-0.2, -0.15) is 25.6 Å². The van der Waals surface area contributed by atoms with Gasteiger partial charge in [-0.05, 0) is 258 Å². The van der Waals surface area contributed by atoms with E-state index >= 15 is 0 Å². The highest BCUT2D eigenvalue weighted by atomic mass is 79.9. The molecule has 1 aliphatic heterocycles. The van der Waals surface area contributed by atoms with Gasteiger partial charge in [0.15, 0.2) is 28.0 Å². The van der Waals surface area contributed by atoms with Crippen molar-refractivity contribution in [2.75, 3.05) is 21.1 Å². The lowest BCUT2D eigenvalue weighted by molar-refractivity contribution is -0.224. The molecule has 0 saturated heterocycles. The van der Waals surface area contributed by atoms with Crippen LogP contribution in [0.2, 0.25) is 39.3 Å². The summed E-state index contributed by atoms with van der Waals surface area (Å²) < 4.78 is 18.7. The Kier molecular flexibility index (Phi) is 27.7. The number of rotatable bonds is 3. The fraction of sp³-hybridized carbons (Fsp3) is 0.494. The second kappa shape index (κ2) is 34.3. The number of hydrazine groups is 1. The topological polar surface area (TPSA) is 304 Å². The Labute approximate surface area is 678 Å². The maximum Gasteiger partial charge on any atom is 0.221 e. The number of carbonyl (C=O) groups is 4. The van der Waals surface area contributed by atoms with Crippen LogP contribution in [0, 0.1) is 59.8 Å². The van der Waals surface area contributed by atoms with Crippen molar-refractivity contribution in [3.05, 3.63) is 186 Å². The summed E-state index contributed by atoms with van der Waals surface area (Å²) in [5.74, 6) is 4.75. The first-order valence-electron chi connectivity index (χ1n) is 36.0. The lowest BCUT2D eigenvalue weighted by Crippen LogP contribution is -2.47. The molecule has 4 aromatic carbocycles. The number of aliphatic imine (C=N–C) groups is 2. The third-order valence-electron chi connectivity index (χ3n) is 22.2. The number of guanidine groups is 1. The molecule has 4 heterocycles. The van der Waals surface area contributed by atoms with Crippen molar-refractivity contribution in [2.24, 2.45) is 79.8 Å². The number of carbonyl (C=O) groups excluding carboxylic acids is 4. The zero-order chi connectivity index (χ0) is 77.6. The predicted molar refractivity (Wildman–Crippen MR) is 447 cm³/mol. The number of aromatic nitrogens is 6. The highest BCUT2D eigenvalue weighted by Crippen LogP contribution is 2.62. The molecule has 0 bridgehead atoms. The van der Waals surface area contributed by atoms with Crippen molar-refractivity contribution in [1.82, 2.24) is 45.3 Å². The van der Waals surface area contributed by atoms with E-state index in [4.69, 9.17) is 20.8 Å². The summed E-state index contributed by atoms with van der Waals surface area (Å²) in [6.45, 7) is 20.9. The van der Waals surface area contributed by atoms with E-state index in [1.54, 1.807) is 17.6 Å². The van der Waals surface area contributed by atoms with Crippen molar-refractivity contribution >= 4 is 127 Å². The molecule has 0 radical (unpaired) electrons. The number of aryl methyl sites for hydroxylation is 6. The third-order valence-corrected chi connectivity index (χ3v) is 25.8. The van der Waals surface area contributed by atoms with Crippen LogP contribution in [0.4, 0.5) is 0 Å². The first kappa shape index (κ1) is 87.2. The zero-order valence-electron chi connectivity index (χ0n) is 64.2. The van der Waals surface area contributed by atoms with Gasteiger partial charge in [0.2, 0.25) is 17.9 Å². The van der Waals surface area contributed by atoms with Gasteiger partial charge in [0.1, 0.15) is 11.6 Å². The van der Waals surface area contributed by atoms with E-state index in [2.05, 4.69) is 207 Å². The molecule has 7 N–H and O–H groups in total. The molecular formula is C79H105Br4ClN16O6Si2. The van der Waals surface area contributed by atoms with Crippen molar-refractivity contribution in [1.29, 1.82) is 5.26 Å². The average molecular weight is 1790 g/mol. The van der Waals surface area contributed by atoms with Crippen molar-refractivity contribution in [3.63, 3.8) is 0 Å². The van der Waals surface area contributed by atoms with Gasteiger partial charge in [-0.25, -0.2) is 29.9 Å². The number of nitrogens with two attached hydrogens (primary N) is 2. The Morgan fingerprint density at radius 2 is 1.00 bits per heavy atom. The van der Waals surface area contributed by atoms with Gasteiger partial charge < -0.3 is 10.9 Å². The number of fused-ring (bicyclic) bond motifs is 9. The zero-order valence-corrected chi connectivity index (χ0v) is 73.4. The van der Waals surface area contributed by atoms with Crippen molar-refractivity contribution in [3.8, 4) is 6.19 Å². The lowest BCUT2D eigenvalue weighted by Gasteiger charge is -2.43. The number of benzene rings is 4. The molecule has 7 aromatic rings. The van der Waals surface area contributed by atoms with Crippen LogP contribution in [0.25, 0.3) is 0 Å². The molecule has 9 aliphatic rings. The highest BCUT2D eigenvalue weighted by molar-refractivity contribution is 9.11. The number of hydrogen-bond donors (Lipinski definition) is 5. The van der Waals surface area contributed by atoms with Crippen LogP contribution in [-0.4, -0.2) is 112 Å². The summed E-state index contributed by atoms with van der Waals surface area (Å²) in [4.78, 5) is 64.9. The molecule has 3 aromatic heterocycles. The monoisotopic (exact) mass is 1780 g/mol. The van der Waals surface area contributed by atoms with Crippen LogP contribution < -0.4 is 22.5 Å². The number of Topliss-reactive ketones (excluding diaryl/α,β-unsaturated/α-hetero) is 4. The van der Waals surface area contributed by atoms with Gasteiger partial charge in [-0.15, -0.1) is 12.4 Å². The van der Waals surface area contributed by atoms with Gasteiger partial charge in [0.05, 0.1) is 28.7 Å². The van der Waals surface area contributed by atoms with Gasteiger partial charge in [0.25, 0.3) is 0 Å². The summed E-state index contributed by atoms with van der Waals surface area (Å²) in [5.41, 5.74) is 29.4. The SMILES string of the molecule is C.CC(=O)C1CC2(CCC1=O)Cc1ccc(Br)cc1C2=O.CNN.CNO.C[Si](C)(C)N=N[Si](C)(C)C.Cc1nn(C)c2c1CC1(CC2)Cc2ccc(Br)cc2C12N=C(N)N(C)O2.Cc1nn(C)c2c1CC1(CC2)Cc2ccc(Br)cc2C1=NC#N.Cc1nn(C)c2c1CC1(CC2)Cc2ccc(Br)cc2C1=O.Cl. The molecule has 0 amide bonds. The normalized spacial score (nSPS) is 23.7. The minimum absolute atomic E-state index is 0. The molecule has 29 heteroatoms. The summed E-state index contributed by atoms with van der Waals surface area (Å²) in [6, 6.07) is 24.6. The molecule has 8 aliphatic carbocycles. The largest absolute Gasteiger partial charge is 0.368 e. The third kappa shape index (κ3) is 17.6. The van der Waals surface area contributed by atoms with Crippen LogP contribution in [-0.2, 0) is 106 Å². The Bertz CT molecular complexity index is 4730. The minimum Gasteiger partial charge on any atom is -0.368 e. The smallest absolute Gasteiger partial charge is 0.221 e. The van der Waals surface area contributed by atoms with Gasteiger partial charge in [0, 0.05) is 121 Å². The van der Waals surface area contributed by atoms with E-state index in [1.165, 1.54) is 64.4 Å². The number of nitrogens with zero attached hydrogens (tertiary/aromatic N) is 12. The standard InChI is InChI=1S/C19H22BrN5O.C18H17BrN4.C17H17BrN2O.C16H15BrO3.C6H18N2Si2.CH6N2.CH5NO.CH4.ClH/c1-11-14-10-18(7-6-16(14)24(2)23-11)9-12-4-5-13(20)8-15(12)19(18)22-17(21)25(3)26-19;1-11-15-9-18(6-5-16(15)23(2)22-11)8-12-3-4-13(19)7-14(12)17(18)21-10-20;1-10-14-9-17(6-5-15(14)20(2)19-10)8-11-3-4-12(18)7-13(11)16(17)21;1-9(18)13-8-16(5-4-14(13)19)7-10-2-3-11(17)6-12(10)15(16)20;1-9(2,3)7-8-10(4,5)6;1-3-2;1-2-3;;/h4-5,8H,6-7,9-10H2,1-3H3,(H2,21,22);3-4,7H,5-6,8-9H2,1-2H3;3-4,7H,5-6,8-9H2,1-2H3;2-3,6,13H,4-5,7-8H2,1H3;1-6H3;3H,2H2,1H3;2-3H,1H3;1H4;1H. The molecule has 22 nitrogen and oxygen atoms in total. The minimum atomic E-state index is -1.27. The van der Waals surface area contributed by atoms with E-state index < -0.39 is 33.5 Å². The average Bonchev–Trinajstić information content (AvgIpc) is 1.52. The number of ketones is 4. The first-order valence-corrected chi connectivity index (χ1v) is 46.1.